The van der Waals surface area contributed by atoms with E-state index < -0.39 is 24.0 Å². The second kappa shape index (κ2) is 10.9. The van der Waals surface area contributed by atoms with Gasteiger partial charge in [-0.05, 0) is 48.2 Å². The van der Waals surface area contributed by atoms with Crippen LogP contribution in [0.4, 0.5) is 5.69 Å². The summed E-state index contributed by atoms with van der Waals surface area (Å²) in [7, 11) is 0. The first kappa shape index (κ1) is 25.3. The van der Waals surface area contributed by atoms with Crippen molar-refractivity contribution in [3.63, 3.8) is 0 Å². The van der Waals surface area contributed by atoms with Crippen LogP contribution >= 0.6 is 23.2 Å². The lowest BCUT2D eigenvalue weighted by atomic mass is 9.85. The van der Waals surface area contributed by atoms with E-state index in [0.717, 1.165) is 37.7 Å². The third kappa shape index (κ3) is 5.73. The maximum absolute atomic E-state index is 13.9. The number of carboxylic acid groups (broad SMARTS) is 1. The van der Waals surface area contributed by atoms with Crippen LogP contribution in [0.5, 0.6) is 0 Å². The molecule has 35 heavy (non-hydrogen) atoms. The number of nitrogens with one attached hydrogen (secondary N) is 2. The number of carboxylic acids is 1. The van der Waals surface area contributed by atoms with E-state index in [-0.39, 0.29) is 24.4 Å². The second-order valence-electron chi connectivity index (χ2n) is 9.28. The minimum atomic E-state index is -1.10. The maximum atomic E-state index is 13.9. The van der Waals surface area contributed by atoms with E-state index >= 15 is 0 Å². The quantitative estimate of drug-likeness (QED) is 0.488. The Morgan fingerprint density at radius 2 is 1.71 bits per heavy atom. The molecule has 186 valence electrons. The largest absolute Gasteiger partial charge is 0.480 e. The van der Waals surface area contributed by atoms with Gasteiger partial charge in [-0.15, -0.1) is 0 Å². The van der Waals surface area contributed by atoms with Crippen molar-refractivity contribution in [1.82, 2.24) is 10.2 Å². The maximum Gasteiger partial charge on any atom is 0.326 e. The van der Waals surface area contributed by atoms with Crippen molar-refractivity contribution >= 4 is 46.7 Å². The molecule has 0 saturated heterocycles. The summed E-state index contributed by atoms with van der Waals surface area (Å²) >= 11 is 12.2. The highest BCUT2D eigenvalue weighted by molar-refractivity contribution is 6.31. The van der Waals surface area contributed by atoms with Gasteiger partial charge in [0.25, 0.3) is 0 Å². The van der Waals surface area contributed by atoms with Crippen LogP contribution in [-0.4, -0.2) is 45.9 Å². The molecule has 7 nitrogen and oxygen atoms in total. The van der Waals surface area contributed by atoms with Crippen LogP contribution in [0.3, 0.4) is 0 Å². The predicted molar refractivity (Wildman–Crippen MR) is 136 cm³/mol. The van der Waals surface area contributed by atoms with Gasteiger partial charge in [0.1, 0.15) is 12.1 Å². The summed E-state index contributed by atoms with van der Waals surface area (Å²) in [5.41, 5.74) is 1.99. The SMILES string of the molecule is CC(=O)N(Cc1ccc(Cl)cc1)C(C(=O)NC1CCCCC1)C1c2ccc(Cl)cc2NC1C(=O)O. The molecule has 3 atom stereocenters. The summed E-state index contributed by atoms with van der Waals surface area (Å²) < 4.78 is 0. The number of fused-ring (bicyclic) bond motifs is 1. The third-order valence-corrected chi connectivity index (χ3v) is 7.36. The van der Waals surface area contributed by atoms with Crippen LogP contribution in [0.2, 0.25) is 10.0 Å². The van der Waals surface area contributed by atoms with Crippen molar-refractivity contribution in [2.75, 3.05) is 5.32 Å². The summed E-state index contributed by atoms with van der Waals surface area (Å²) in [6, 6.07) is 9.96. The molecule has 4 rings (SSSR count). The van der Waals surface area contributed by atoms with E-state index in [1.807, 2.05) is 0 Å². The molecule has 3 N–H and O–H groups in total. The molecule has 1 aliphatic carbocycles. The van der Waals surface area contributed by atoms with Crippen molar-refractivity contribution < 1.29 is 19.5 Å². The number of halogens is 2. The third-order valence-electron chi connectivity index (χ3n) is 6.88. The lowest BCUT2D eigenvalue weighted by Gasteiger charge is -2.37. The Bertz CT molecular complexity index is 1100. The molecular formula is C26H29Cl2N3O4. The monoisotopic (exact) mass is 517 g/mol. The van der Waals surface area contributed by atoms with E-state index in [9.17, 15) is 19.5 Å². The van der Waals surface area contributed by atoms with Crippen molar-refractivity contribution in [1.29, 1.82) is 0 Å². The zero-order chi connectivity index (χ0) is 25.1. The van der Waals surface area contributed by atoms with Crippen LogP contribution in [0.1, 0.15) is 56.1 Å². The first-order chi connectivity index (χ1) is 16.7. The van der Waals surface area contributed by atoms with E-state index in [0.29, 0.717) is 21.3 Å². The number of carbonyl (C=O) groups excluding carboxylic acids is 2. The van der Waals surface area contributed by atoms with Gasteiger partial charge in [0, 0.05) is 41.2 Å². The molecule has 1 heterocycles. The number of carbonyl (C=O) groups is 3. The Kier molecular flexibility index (Phi) is 7.87. The van der Waals surface area contributed by atoms with E-state index in [2.05, 4.69) is 10.6 Å². The average molecular weight is 518 g/mol. The molecule has 2 aliphatic rings. The van der Waals surface area contributed by atoms with E-state index in [1.54, 1.807) is 42.5 Å². The minimum absolute atomic E-state index is 0.00502. The van der Waals surface area contributed by atoms with Gasteiger partial charge in [-0.25, -0.2) is 4.79 Å². The molecule has 3 unspecified atom stereocenters. The summed E-state index contributed by atoms with van der Waals surface area (Å²) in [5, 5.41) is 17.2. The number of hydrogen-bond donors (Lipinski definition) is 3. The van der Waals surface area contributed by atoms with Gasteiger partial charge in [0.2, 0.25) is 11.8 Å². The molecule has 1 fully saturated rings. The van der Waals surface area contributed by atoms with Crippen molar-refractivity contribution in [2.24, 2.45) is 0 Å². The van der Waals surface area contributed by atoms with Crippen LogP contribution < -0.4 is 10.6 Å². The molecule has 2 aromatic carbocycles. The molecule has 1 aliphatic heterocycles. The van der Waals surface area contributed by atoms with E-state index in [4.69, 9.17) is 23.2 Å². The Morgan fingerprint density at radius 3 is 2.34 bits per heavy atom. The number of rotatable bonds is 7. The fraction of sp³-hybridized carbons (Fsp3) is 0.423. The van der Waals surface area contributed by atoms with Crippen LogP contribution in [0, 0.1) is 0 Å². The zero-order valence-corrected chi connectivity index (χ0v) is 21.0. The van der Waals surface area contributed by atoms with Crippen molar-refractivity contribution in [3.8, 4) is 0 Å². The number of nitrogens with zero attached hydrogens (tertiary/aromatic N) is 1. The Labute approximate surface area is 214 Å². The highest BCUT2D eigenvalue weighted by atomic mass is 35.5. The molecule has 1 saturated carbocycles. The lowest BCUT2D eigenvalue weighted by molar-refractivity contribution is -0.144. The molecule has 0 spiro atoms. The molecule has 0 radical (unpaired) electrons. The first-order valence-corrected chi connectivity index (χ1v) is 12.6. The standard InChI is InChI=1S/C26H29Cl2N3O4/c1-15(32)31(14-16-7-9-17(27)10-8-16)24(25(33)29-19-5-3-2-4-6-19)22-20-12-11-18(28)13-21(20)30-23(22)26(34)35/h7-13,19,22-24,30H,2-6,14H2,1H3,(H,29,33)(H,34,35). The fourth-order valence-electron chi connectivity index (χ4n) is 5.17. The van der Waals surface area contributed by atoms with Crippen LogP contribution in [0.25, 0.3) is 0 Å². The van der Waals surface area contributed by atoms with Gasteiger partial charge < -0.3 is 20.6 Å². The normalized spacial score (nSPS) is 20.4. The Morgan fingerprint density at radius 1 is 1.06 bits per heavy atom. The topological polar surface area (TPSA) is 98.7 Å². The number of amides is 2. The smallest absolute Gasteiger partial charge is 0.326 e. The highest BCUT2D eigenvalue weighted by Crippen LogP contribution is 2.42. The van der Waals surface area contributed by atoms with Gasteiger partial charge in [-0.3, -0.25) is 9.59 Å². The number of hydrogen-bond acceptors (Lipinski definition) is 4. The van der Waals surface area contributed by atoms with Gasteiger partial charge in [0.05, 0.1) is 0 Å². The second-order valence-corrected chi connectivity index (χ2v) is 10.2. The summed E-state index contributed by atoms with van der Waals surface area (Å²) in [6.45, 7) is 1.54. The van der Waals surface area contributed by atoms with E-state index in [1.165, 1.54) is 11.8 Å². The fourth-order valence-corrected chi connectivity index (χ4v) is 5.47. The number of anilines is 1. The molecular weight excluding hydrogens is 489 g/mol. The first-order valence-electron chi connectivity index (χ1n) is 11.9. The zero-order valence-electron chi connectivity index (χ0n) is 19.5. The van der Waals surface area contributed by atoms with Gasteiger partial charge in [-0.2, -0.15) is 0 Å². The highest BCUT2D eigenvalue weighted by Gasteiger charge is 2.48. The van der Waals surface area contributed by atoms with Gasteiger partial charge in [0.15, 0.2) is 0 Å². The predicted octanol–water partition coefficient (Wildman–Crippen LogP) is 4.82. The number of aliphatic carboxylic acids is 1. The summed E-state index contributed by atoms with van der Waals surface area (Å²) in [5.74, 6) is -2.58. The van der Waals surface area contributed by atoms with Crippen molar-refractivity contribution in [2.45, 2.75) is 69.6 Å². The average Bonchev–Trinajstić information content (AvgIpc) is 3.19. The Hall–Kier alpha value is -2.77. The Balaban J connectivity index is 1.76. The van der Waals surface area contributed by atoms with Gasteiger partial charge >= 0.3 is 5.97 Å². The lowest BCUT2D eigenvalue weighted by Crippen LogP contribution is -2.56. The van der Waals surface area contributed by atoms with Crippen molar-refractivity contribution in [3.05, 3.63) is 63.6 Å². The molecule has 9 heteroatoms. The molecule has 2 aromatic rings. The molecule has 0 aromatic heterocycles. The summed E-state index contributed by atoms with van der Waals surface area (Å²) in [6.07, 6.45) is 4.93. The molecule has 2 amide bonds. The number of benzene rings is 2. The molecule has 0 bridgehead atoms. The van der Waals surface area contributed by atoms with Crippen LogP contribution in [0.15, 0.2) is 42.5 Å². The summed E-state index contributed by atoms with van der Waals surface area (Å²) in [4.78, 5) is 40.6. The minimum Gasteiger partial charge on any atom is -0.480 e. The van der Waals surface area contributed by atoms with Crippen LogP contribution in [-0.2, 0) is 20.9 Å². The van der Waals surface area contributed by atoms with Gasteiger partial charge in [-0.1, -0.05) is 60.7 Å².